The third-order valence-corrected chi connectivity index (χ3v) is 2.62. The van der Waals surface area contributed by atoms with Gasteiger partial charge in [-0.05, 0) is 24.6 Å². The molecule has 0 spiro atoms. The van der Waals surface area contributed by atoms with Gasteiger partial charge in [0.2, 0.25) is 0 Å². The summed E-state index contributed by atoms with van der Waals surface area (Å²) in [4.78, 5) is 13.7. The Kier molecular flexibility index (Phi) is 6.41. The SMILES string of the molecule is COCCN(CCC#N)C(=O)Nc1cccc(C)c1. The molecule has 0 unspecified atom stereocenters. The third-order valence-electron chi connectivity index (χ3n) is 2.62. The molecule has 0 saturated heterocycles. The number of carbonyl (C=O) groups excluding carboxylic acids is 1. The van der Waals surface area contributed by atoms with Crippen molar-refractivity contribution < 1.29 is 9.53 Å². The Hall–Kier alpha value is -2.06. The number of carbonyl (C=O) groups is 1. The van der Waals surface area contributed by atoms with Gasteiger partial charge in [-0.3, -0.25) is 0 Å². The maximum absolute atomic E-state index is 12.1. The van der Waals surface area contributed by atoms with Crippen LogP contribution in [0.2, 0.25) is 0 Å². The van der Waals surface area contributed by atoms with Crippen LogP contribution in [-0.4, -0.2) is 37.7 Å². The molecular weight excluding hydrogens is 242 g/mol. The van der Waals surface area contributed by atoms with Gasteiger partial charge in [0, 0.05) is 25.9 Å². The minimum atomic E-state index is -0.210. The van der Waals surface area contributed by atoms with Gasteiger partial charge >= 0.3 is 6.03 Å². The molecule has 1 N–H and O–H groups in total. The van der Waals surface area contributed by atoms with Gasteiger partial charge in [0.15, 0.2) is 0 Å². The van der Waals surface area contributed by atoms with Gasteiger partial charge in [0.05, 0.1) is 19.1 Å². The Bertz CT molecular complexity index is 454. The first-order valence-corrected chi connectivity index (χ1v) is 6.16. The predicted molar refractivity (Wildman–Crippen MR) is 73.9 cm³/mol. The zero-order chi connectivity index (χ0) is 14.1. The maximum Gasteiger partial charge on any atom is 0.321 e. The van der Waals surface area contributed by atoms with Gasteiger partial charge in [-0.2, -0.15) is 5.26 Å². The zero-order valence-electron chi connectivity index (χ0n) is 11.3. The van der Waals surface area contributed by atoms with Crippen molar-refractivity contribution in [1.29, 1.82) is 5.26 Å². The maximum atomic E-state index is 12.1. The number of rotatable bonds is 6. The molecule has 2 amide bonds. The first kappa shape index (κ1) is 15.0. The first-order chi connectivity index (χ1) is 9.17. The van der Waals surface area contributed by atoms with Crippen LogP contribution in [0.15, 0.2) is 24.3 Å². The quantitative estimate of drug-likeness (QED) is 0.855. The molecule has 0 bridgehead atoms. The van der Waals surface area contributed by atoms with E-state index in [2.05, 4.69) is 5.32 Å². The molecule has 0 saturated carbocycles. The van der Waals surface area contributed by atoms with Crippen LogP contribution in [0.5, 0.6) is 0 Å². The first-order valence-electron chi connectivity index (χ1n) is 6.16. The van der Waals surface area contributed by atoms with Crippen molar-refractivity contribution >= 4 is 11.7 Å². The molecule has 0 aliphatic rings. The van der Waals surface area contributed by atoms with E-state index in [1.807, 2.05) is 37.3 Å². The fourth-order valence-electron chi connectivity index (χ4n) is 1.63. The number of nitriles is 1. The standard InChI is InChI=1S/C14H19N3O2/c1-12-5-3-6-13(11-12)16-14(18)17(8-4-7-15)9-10-19-2/h3,5-6,11H,4,8-10H2,1-2H3,(H,16,18). The summed E-state index contributed by atoms with van der Waals surface area (Å²) in [5.74, 6) is 0. The van der Waals surface area contributed by atoms with Crippen molar-refractivity contribution in [3.05, 3.63) is 29.8 Å². The van der Waals surface area contributed by atoms with E-state index in [4.69, 9.17) is 10.00 Å². The number of anilines is 1. The number of ether oxygens (including phenoxy) is 1. The average molecular weight is 261 g/mol. The number of methoxy groups -OCH3 is 1. The molecule has 5 nitrogen and oxygen atoms in total. The topological polar surface area (TPSA) is 65.4 Å². The second kappa shape index (κ2) is 8.11. The van der Waals surface area contributed by atoms with Crippen molar-refractivity contribution in [3.63, 3.8) is 0 Å². The predicted octanol–water partition coefficient (Wildman–Crippen LogP) is 2.39. The van der Waals surface area contributed by atoms with Crippen molar-refractivity contribution in [2.75, 3.05) is 32.1 Å². The van der Waals surface area contributed by atoms with Crippen LogP contribution in [0, 0.1) is 18.3 Å². The molecule has 5 heteroatoms. The number of benzene rings is 1. The summed E-state index contributed by atoms with van der Waals surface area (Å²) in [6.45, 7) is 3.29. The van der Waals surface area contributed by atoms with Crippen LogP contribution < -0.4 is 5.32 Å². The van der Waals surface area contributed by atoms with E-state index in [-0.39, 0.29) is 6.03 Å². The number of hydrogen-bond donors (Lipinski definition) is 1. The fourth-order valence-corrected chi connectivity index (χ4v) is 1.63. The molecule has 0 aromatic heterocycles. The zero-order valence-corrected chi connectivity index (χ0v) is 11.3. The lowest BCUT2D eigenvalue weighted by molar-refractivity contribution is 0.156. The minimum absolute atomic E-state index is 0.210. The van der Waals surface area contributed by atoms with E-state index < -0.39 is 0 Å². The Balaban J connectivity index is 2.62. The molecule has 19 heavy (non-hydrogen) atoms. The van der Waals surface area contributed by atoms with Crippen LogP contribution >= 0.6 is 0 Å². The molecule has 0 aliphatic carbocycles. The summed E-state index contributed by atoms with van der Waals surface area (Å²) in [6, 6.07) is 9.42. The lowest BCUT2D eigenvalue weighted by Crippen LogP contribution is -2.38. The van der Waals surface area contributed by atoms with Gasteiger partial charge in [0.1, 0.15) is 0 Å². The summed E-state index contributed by atoms with van der Waals surface area (Å²) in [6.07, 6.45) is 0.310. The van der Waals surface area contributed by atoms with Crippen molar-refractivity contribution in [1.82, 2.24) is 4.90 Å². The van der Waals surface area contributed by atoms with Crippen LogP contribution in [0.25, 0.3) is 0 Å². The van der Waals surface area contributed by atoms with Crippen LogP contribution in [-0.2, 0) is 4.74 Å². The van der Waals surface area contributed by atoms with E-state index in [1.54, 1.807) is 12.0 Å². The van der Waals surface area contributed by atoms with E-state index in [0.717, 1.165) is 11.3 Å². The molecule has 1 aromatic carbocycles. The van der Waals surface area contributed by atoms with Gasteiger partial charge in [-0.1, -0.05) is 12.1 Å². The lowest BCUT2D eigenvalue weighted by Gasteiger charge is -2.21. The van der Waals surface area contributed by atoms with E-state index in [0.29, 0.717) is 26.1 Å². The summed E-state index contributed by atoms with van der Waals surface area (Å²) in [7, 11) is 1.58. The number of nitrogens with one attached hydrogen (secondary N) is 1. The molecule has 1 aromatic rings. The van der Waals surface area contributed by atoms with Crippen LogP contribution in [0.1, 0.15) is 12.0 Å². The molecule has 0 aliphatic heterocycles. The largest absolute Gasteiger partial charge is 0.383 e. The number of amides is 2. The highest BCUT2D eigenvalue weighted by molar-refractivity contribution is 5.89. The highest BCUT2D eigenvalue weighted by atomic mass is 16.5. The fraction of sp³-hybridized carbons (Fsp3) is 0.429. The monoisotopic (exact) mass is 261 g/mol. The molecule has 0 atom stereocenters. The van der Waals surface area contributed by atoms with E-state index in [1.165, 1.54) is 0 Å². The molecule has 0 radical (unpaired) electrons. The van der Waals surface area contributed by atoms with E-state index >= 15 is 0 Å². The Morgan fingerprint density at radius 2 is 2.26 bits per heavy atom. The smallest absolute Gasteiger partial charge is 0.321 e. The summed E-state index contributed by atoms with van der Waals surface area (Å²) in [5.41, 5.74) is 1.84. The normalized spacial score (nSPS) is 9.74. The van der Waals surface area contributed by atoms with Gasteiger partial charge in [-0.25, -0.2) is 4.79 Å². The third kappa shape index (κ3) is 5.40. The lowest BCUT2D eigenvalue weighted by atomic mass is 10.2. The number of nitrogens with zero attached hydrogens (tertiary/aromatic N) is 2. The number of urea groups is 1. The summed E-state index contributed by atoms with van der Waals surface area (Å²) in [5, 5.41) is 11.4. The second-order valence-corrected chi connectivity index (χ2v) is 4.19. The van der Waals surface area contributed by atoms with E-state index in [9.17, 15) is 4.79 Å². The number of hydrogen-bond acceptors (Lipinski definition) is 3. The molecule has 0 fully saturated rings. The summed E-state index contributed by atoms with van der Waals surface area (Å²) >= 11 is 0. The summed E-state index contributed by atoms with van der Waals surface area (Å²) < 4.78 is 4.97. The van der Waals surface area contributed by atoms with Crippen molar-refractivity contribution in [2.45, 2.75) is 13.3 Å². The van der Waals surface area contributed by atoms with Gasteiger partial charge in [-0.15, -0.1) is 0 Å². The highest BCUT2D eigenvalue weighted by Gasteiger charge is 2.12. The van der Waals surface area contributed by atoms with Gasteiger partial charge < -0.3 is 15.0 Å². The highest BCUT2D eigenvalue weighted by Crippen LogP contribution is 2.10. The van der Waals surface area contributed by atoms with Crippen molar-refractivity contribution in [2.24, 2.45) is 0 Å². The molecule has 1 rings (SSSR count). The average Bonchev–Trinajstić information content (AvgIpc) is 2.38. The Morgan fingerprint density at radius 3 is 2.89 bits per heavy atom. The Morgan fingerprint density at radius 1 is 1.47 bits per heavy atom. The Labute approximate surface area is 113 Å². The number of aryl methyl sites for hydroxylation is 1. The molecule has 0 heterocycles. The van der Waals surface area contributed by atoms with Crippen molar-refractivity contribution in [3.8, 4) is 6.07 Å². The minimum Gasteiger partial charge on any atom is -0.383 e. The van der Waals surface area contributed by atoms with Crippen LogP contribution in [0.3, 0.4) is 0 Å². The molecular formula is C14H19N3O2. The van der Waals surface area contributed by atoms with Gasteiger partial charge in [0.25, 0.3) is 0 Å². The second-order valence-electron chi connectivity index (χ2n) is 4.19. The molecule has 102 valence electrons. The van der Waals surface area contributed by atoms with Crippen LogP contribution in [0.4, 0.5) is 10.5 Å².